The Morgan fingerprint density at radius 1 is 1.27 bits per heavy atom. The van der Waals surface area contributed by atoms with Crippen molar-refractivity contribution in [2.45, 2.75) is 45.1 Å². The van der Waals surface area contributed by atoms with E-state index in [1.807, 2.05) is 21.6 Å². The number of nitrogens with zero attached hydrogens (tertiary/aromatic N) is 6. The zero-order valence-electron chi connectivity index (χ0n) is 17.5. The summed E-state index contributed by atoms with van der Waals surface area (Å²) in [6.07, 6.45) is 5.65. The van der Waals surface area contributed by atoms with Gasteiger partial charge < -0.3 is 15.4 Å². The first-order chi connectivity index (χ1) is 14.7. The number of fused-ring (bicyclic) bond motifs is 1. The molecule has 4 rings (SSSR count). The van der Waals surface area contributed by atoms with Crippen LogP contribution in [0.3, 0.4) is 0 Å². The highest BCUT2D eigenvalue weighted by Crippen LogP contribution is 2.14. The summed E-state index contributed by atoms with van der Waals surface area (Å²) in [5, 5.41) is 15.8. The molecule has 0 radical (unpaired) electrons. The number of hydrogen-bond donors (Lipinski definition) is 2. The van der Waals surface area contributed by atoms with Crippen LogP contribution in [0.4, 0.5) is 0 Å². The van der Waals surface area contributed by atoms with E-state index in [0.717, 1.165) is 43.5 Å². The molecule has 2 N–H and O–H groups in total. The summed E-state index contributed by atoms with van der Waals surface area (Å²) in [5.74, 6) is 2.55. The first-order valence-electron chi connectivity index (χ1n) is 10.2. The van der Waals surface area contributed by atoms with Crippen LogP contribution in [0.1, 0.15) is 29.2 Å². The lowest BCUT2D eigenvalue weighted by molar-refractivity contribution is 0.177. The lowest BCUT2D eigenvalue weighted by Gasteiger charge is -2.25. The molecule has 9 nitrogen and oxygen atoms in total. The van der Waals surface area contributed by atoms with Gasteiger partial charge in [-0.05, 0) is 23.6 Å². The molecule has 0 aliphatic carbocycles. The van der Waals surface area contributed by atoms with Gasteiger partial charge >= 0.3 is 0 Å². The maximum atomic E-state index is 5.14. The van der Waals surface area contributed by atoms with Gasteiger partial charge in [0.05, 0.1) is 13.1 Å². The van der Waals surface area contributed by atoms with Crippen molar-refractivity contribution in [1.82, 2.24) is 35.2 Å². The van der Waals surface area contributed by atoms with E-state index in [1.54, 1.807) is 20.4 Å². The molecule has 0 bridgehead atoms. The molecule has 3 aromatic rings. The molecule has 0 spiro atoms. The van der Waals surface area contributed by atoms with Crippen molar-refractivity contribution in [3.8, 4) is 0 Å². The molecule has 30 heavy (non-hydrogen) atoms. The lowest BCUT2D eigenvalue weighted by atomic mass is 10.1. The third kappa shape index (κ3) is 4.85. The third-order valence-corrected chi connectivity index (χ3v) is 5.20. The van der Waals surface area contributed by atoms with Gasteiger partial charge in [0.15, 0.2) is 11.8 Å². The molecule has 0 fully saturated rings. The highest BCUT2D eigenvalue weighted by atomic mass is 16.5. The molecule has 158 valence electrons. The zero-order chi connectivity index (χ0) is 20.8. The second kappa shape index (κ2) is 9.53. The smallest absolute Gasteiger partial charge is 0.191 e. The fourth-order valence-electron chi connectivity index (χ4n) is 3.69. The topological polar surface area (TPSA) is 94.2 Å². The summed E-state index contributed by atoms with van der Waals surface area (Å²) in [7, 11) is 3.46. The SMILES string of the molecule is CN=C(NCc1ccccc1Cn1cccn1)NC1CCc2nc(COC)nn2C1. The number of aryl methyl sites for hydroxylation is 1. The van der Waals surface area contributed by atoms with Gasteiger partial charge in [0.1, 0.15) is 12.4 Å². The molecule has 2 aromatic heterocycles. The van der Waals surface area contributed by atoms with Crippen LogP contribution in [0.25, 0.3) is 0 Å². The second-order valence-corrected chi connectivity index (χ2v) is 7.34. The summed E-state index contributed by atoms with van der Waals surface area (Å²) >= 11 is 0. The number of ether oxygens (including phenoxy) is 1. The first kappa shape index (κ1) is 20.1. The van der Waals surface area contributed by atoms with Crippen molar-refractivity contribution in [3.05, 3.63) is 65.5 Å². The second-order valence-electron chi connectivity index (χ2n) is 7.34. The number of methoxy groups -OCH3 is 1. The van der Waals surface area contributed by atoms with Crippen molar-refractivity contribution in [2.24, 2.45) is 4.99 Å². The van der Waals surface area contributed by atoms with E-state index in [-0.39, 0.29) is 6.04 Å². The Kier molecular flexibility index (Phi) is 6.38. The fraction of sp³-hybridized carbons (Fsp3) is 0.429. The number of nitrogens with one attached hydrogen (secondary N) is 2. The Labute approximate surface area is 176 Å². The number of hydrogen-bond acceptors (Lipinski definition) is 5. The molecule has 0 amide bonds. The fourth-order valence-corrected chi connectivity index (χ4v) is 3.69. The molecular formula is C21H28N8O. The number of aromatic nitrogens is 5. The van der Waals surface area contributed by atoms with Crippen LogP contribution >= 0.6 is 0 Å². The lowest BCUT2D eigenvalue weighted by Crippen LogP contribution is -2.46. The van der Waals surface area contributed by atoms with Crippen LogP contribution in [0, 0.1) is 0 Å². The Hall–Kier alpha value is -3.20. The molecule has 1 atom stereocenters. The average molecular weight is 409 g/mol. The largest absolute Gasteiger partial charge is 0.377 e. The molecule has 1 aliphatic heterocycles. The van der Waals surface area contributed by atoms with E-state index in [1.165, 1.54) is 11.1 Å². The monoisotopic (exact) mass is 408 g/mol. The van der Waals surface area contributed by atoms with Crippen LogP contribution in [0.5, 0.6) is 0 Å². The zero-order valence-corrected chi connectivity index (χ0v) is 17.5. The van der Waals surface area contributed by atoms with E-state index in [2.05, 4.69) is 55.1 Å². The van der Waals surface area contributed by atoms with Crippen molar-refractivity contribution >= 4 is 5.96 Å². The molecule has 1 unspecified atom stereocenters. The Morgan fingerprint density at radius 3 is 2.90 bits per heavy atom. The van der Waals surface area contributed by atoms with Gasteiger partial charge in [-0.15, -0.1) is 0 Å². The minimum absolute atomic E-state index is 0.250. The van der Waals surface area contributed by atoms with E-state index >= 15 is 0 Å². The van der Waals surface area contributed by atoms with Crippen LogP contribution in [-0.4, -0.2) is 50.7 Å². The van der Waals surface area contributed by atoms with Gasteiger partial charge in [0.2, 0.25) is 0 Å². The normalized spacial score (nSPS) is 16.3. The Morgan fingerprint density at radius 2 is 2.13 bits per heavy atom. The van der Waals surface area contributed by atoms with Crippen LogP contribution in [-0.2, 0) is 37.4 Å². The van der Waals surface area contributed by atoms with Crippen molar-refractivity contribution in [3.63, 3.8) is 0 Å². The molecule has 1 aliphatic rings. The number of rotatable bonds is 7. The summed E-state index contributed by atoms with van der Waals surface area (Å²) in [6.45, 7) is 2.65. The number of benzene rings is 1. The highest BCUT2D eigenvalue weighted by molar-refractivity contribution is 5.80. The van der Waals surface area contributed by atoms with Crippen LogP contribution in [0.2, 0.25) is 0 Å². The summed E-state index contributed by atoms with van der Waals surface area (Å²) in [6, 6.07) is 10.6. The van der Waals surface area contributed by atoms with E-state index in [4.69, 9.17) is 4.74 Å². The quantitative estimate of drug-likeness (QED) is 0.453. The number of aliphatic imine (C=N–C) groups is 1. The van der Waals surface area contributed by atoms with Crippen LogP contribution in [0.15, 0.2) is 47.7 Å². The summed E-state index contributed by atoms with van der Waals surface area (Å²) < 4.78 is 9.05. The number of guanidine groups is 1. The summed E-state index contributed by atoms with van der Waals surface area (Å²) in [5.41, 5.74) is 2.46. The Bertz CT molecular complexity index is 979. The maximum absolute atomic E-state index is 5.14. The molecule has 3 heterocycles. The van der Waals surface area contributed by atoms with Gasteiger partial charge in [0, 0.05) is 45.6 Å². The maximum Gasteiger partial charge on any atom is 0.191 e. The highest BCUT2D eigenvalue weighted by Gasteiger charge is 2.22. The van der Waals surface area contributed by atoms with Crippen LogP contribution < -0.4 is 10.6 Å². The summed E-state index contributed by atoms with van der Waals surface area (Å²) in [4.78, 5) is 8.94. The minimum Gasteiger partial charge on any atom is -0.377 e. The van der Waals surface area contributed by atoms with E-state index < -0.39 is 0 Å². The molecule has 9 heteroatoms. The molecule has 0 saturated carbocycles. The van der Waals surface area contributed by atoms with Gasteiger partial charge in [0.25, 0.3) is 0 Å². The Balaban J connectivity index is 1.35. The van der Waals surface area contributed by atoms with Gasteiger partial charge in [-0.25, -0.2) is 9.67 Å². The van der Waals surface area contributed by atoms with Crippen molar-refractivity contribution in [1.29, 1.82) is 0 Å². The van der Waals surface area contributed by atoms with Gasteiger partial charge in [-0.3, -0.25) is 9.67 Å². The van der Waals surface area contributed by atoms with Crippen molar-refractivity contribution < 1.29 is 4.74 Å². The van der Waals surface area contributed by atoms with Gasteiger partial charge in [-0.2, -0.15) is 10.2 Å². The molecule has 0 saturated heterocycles. The average Bonchev–Trinajstić information content (AvgIpc) is 3.41. The first-order valence-corrected chi connectivity index (χ1v) is 10.2. The van der Waals surface area contributed by atoms with E-state index in [0.29, 0.717) is 13.2 Å². The minimum atomic E-state index is 0.250. The molecular weight excluding hydrogens is 380 g/mol. The van der Waals surface area contributed by atoms with E-state index in [9.17, 15) is 0 Å². The standard InChI is InChI=1S/C21H28N8O/c1-22-21(25-18-8-9-20-26-19(15-30-2)27-29(20)14-18)23-12-16-6-3-4-7-17(16)13-28-11-5-10-24-28/h3-7,10-11,18H,8-9,12-15H2,1-2H3,(H2,22,23,25). The van der Waals surface area contributed by atoms with Crippen molar-refractivity contribution in [2.75, 3.05) is 14.2 Å². The van der Waals surface area contributed by atoms with Gasteiger partial charge in [-0.1, -0.05) is 24.3 Å². The molecule has 1 aromatic carbocycles. The predicted octanol–water partition coefficient (Wildman–Crippen LogP) is 1.35. The third-order valence-electron chi connectivity index (χ3n) is 5.20. The predicted molar refractivity (Wildman–Crippen MR) is 114 cm³/mol.